The van der Waals surface area contributed by atoms with E-state index in [-0.39, 0.29) is 5.41 Å². The molecule has 0 bridgehead atoms. The Morgan fingerprint density at radius 1 is 0.789 bits per heavy atom. The van der Waals surface area contributed by atoms with Crippen molar-refractivity contribution in [2.45, 2.75) is 19.3 Å². The molecular formula is C17H16O2. The van der Waals surface area contributed by atoms with Crippen LogP contribution in [0.4, 0.5) is 0 Å². The molecule has 0 aliphatic carbocycles. The third kappa shape index (κ3) is 1.37. The maximum absolute atomic E-state index is 5.91. The first-order valence-electron chi connectivity index (χ1n) is 6.67. The molecule has 0 fully saturated rings. The largest absolute Gasteiger partial charge is 0.492 e. The van der Waals surface area contributed by atoms with Crippen molar-refractivity contribution in [3.05, 3.63) is 58.7 Å². The maximum Gasteiger partial charge on any atom is 0.123 e. The van der Waals surface area contributed by atoms with Gasteiger partial charge in [-0.05, 0) is 26.0 Å². The third-order valence-electron chi connectivity index (χ3n) is 4.25. The summed E-state index contributed by atoms with van der Waals surface area (Å²) in [5, 5.41) is 0. The lowest BCUT2D eigenvalue weighted by Gasteiger charge is -2.21. The highest BCUT2D eigenvalue weighted by Gasteiger charge is 2.48. The normalized spacial score (nSPS) is 17.8. The fourth-order valence-corrected chi connectivity index (χ4v) is 3.19. The minimum atomic E-state index is -0.108. The van der Waals surface area contributed by atoms with E-state index in [2.05, 4.69) is 50.2 Å². The van der Waals surface area contributed by atoms with E-state index in [1.54, 1.807) is 0 Å². The fourth-order valence-electron chi connectivity index (χ4n) is 3.19. The average molecular weight is 252 g/mol. The number of rotatable bonds is 0. The second-order valence-corrected chi connectivity index (χ2v) is 5.66. The van der Waals surface area contributed by atoms with Crippen LogP contribution < -0.4 is 9.47 Å². The quantitative estimate of drug-likeness (QED) is 0.715. The van der Waals surface area contributed by atoms with Crippen LogP contribution in [-0.2, 0) is 5.41 Å². The van der Waals surface area contributed by atoms with Crippen molar-refractivity contribution >= 4 is 0 Å². The maximum atomic E-state index is 5.91. The molecule has 0 unspecified atom stereocenters. The van der Waals surface area contributed by atoms with Gasteiger partial charge in [0.15, 0.2) is 0 Å². The van der Waals surface area contributed by atoms with E-state index in [1.807, 2.05) is 0 Å². The molecule has 0 atom stereocenters. The molecule has 2 aromatic carbocycles. The molecule has 2 aliphatic heterocycles. The first-order chi connectivity index (χ1) is 9.19. The second kappa shape index (κ2) is 3.53. The van der Waals surface area contributed by atoms with Gasteiger partial charge in [-0.1, -0.05) is 35.4 Å². The topological polar surface area (TPSA) is 18.5 Å². The Balaban J connectivity index is 1.97. The fraction of sp³-hybridized carbons (Fsp3) is 0.294. The van der Waals surface area contributed by atoms with Gasteiger partial charge in [0.25, 0.3) is 0 Å². The standard InChI is InChI=1S/C17H16O2/c1-11-3-5-15-13(7-11)17(9-18-15)10-19-16-6-4-12(2)8-14(16)17/h3-8H,9-10H2,1-2H3. The minimum Gasteiger partial charge on any atom is -0.492 e. The zero-order valence-corrected chi connectivity index (χ0v) is 11.2. The van der Waals surface area contributed by atoms with Gasteiger partial charge in [0.1, 0.15) is 24.7 Å². The molecule has 19 heavy (non-hydrogen) atoms. The number of aryl methyl sites for hydroxylation is 2. The summed E-state index contributed by atoms with van der Waals surface area (Å²) in [5.41, 5.74) is 4.98. The van der Waals surface area contributed by atoms with E-state index in [9.17, 15) is 0 Å². The predicted octanol–water partition coefficient (Wildman–Crippen LogP) is 3.37. The molecule has 2 heterocycles. The van der Waals surface area contributed by atoms with Crippen LogP contribution in [0, 0.1) is 13.8 Å². The number of fused-ring (bicyclic) bond motifs is 4. The summed E-state index contributed by atoms with van der Waals surface area (Å²) >= 11 is 0. The molecule has 4 rings (SSSR count). The molecule has 0 saturated heterocycles. The number of benzene rings is 2. The van der Waals surface area contributed by atoms with Crippen molar-refractivity contribution in [1.29, 1.82) is 0 Å². The molecule has 96 valence electrons. The van der Waals surface area contributed by atoms with E-state index in [0.29, 0.717) is 13.2 Å². The Bertz CT molecular complexity index is 613. The number of hydrogen-bond donors (Lipinski definition) is 0. The number of ether oxygens (including phenoxy) is 2. The summed E-state index contributed by atoms with van der Waals surface area (Å²) < 4.78 is 11.8. The average Bonchev–Trinajstić information content (AvgIpc) is 2.94. The first kappa shape index (κ1) is 10.9. The van der Waals surface area contributed by atoms with Gasteiger partial charge in [-0.2, -0.15) is 0 Å². The summed E-state index contributed by atoms with van der Waals surface area (Å²) in [6, 6.07) is 12.8. The summed E-state index contributed by atoms with van der Waals surface area (Å²) in [4.78, 5) is 0. The van der Waals surface area contributed by atoms with E-state index < -0.39 is 0 Å². The van der Waals surface area contributed by atoms with Crippen LogP contribution in [0.1, 0.15) is 22.3 Å². The summed E-state index contributed by atoms with van der Waals surface area (Å²) in [6.45, 7) is 5.61. The molecular weight excluding hydrogens is 236 g/mol. The van der Waals surface area contributed by atoms with Gasteiger partial charge in [-0.15, -0.1) is 0 Å². The van der Waals surface area contributed by atoms with Crippen molar-refractivity contribution in [1.82, 2.24) is 0 Å². The molecule has 1 spiro atoms. The van der Waals surface area contributed by atoms with Crippen molar-refractivity contribution < 1.29 is 9.47 Å². The zero-order valence-electron chi connectivity index (χ0n) is 11.2. The first-order valence-corrected chi connectivity index (χ1v) is 6.67. The van der Waals surface area contributed by atoms with Gasteiger partial charge < -0.3 is 9.47 Å². The Morgan fingerprint density at radius 2 is 1.26 bits per heavy atom. The molecule has 2 aliphatic rings. The molecule has 2 nitrogen and oxygen atoms in total. The van der Waals surface area contributed by atoms with Gasteiger partial charge in [0.05, 0.1) is 5.41 Å². The lowest BCUT2D eigenvalue weighted by Crippen LogP contribution is -2.31. The van der Waals surface area contributed by atoms with Crippen LogP contribution in [-0.4, -0.2) is 13.2 Å². The van der Waals surface area contributed by atoms with Gasteiger partial charge in [0, 0.05) is 11.1 Å². The molecule has 0 N–H and O–H groups in total. The van der Waals surface area contributed by atoms with Crippen molar-refractivity contribution in [2.75, 3.05) is 13.2 Å². The van der Waals surface area contributed by atoms with Crippen LogP contribution in [0.5, 0.6) is 11.5 Å². The van der Waals surface area contributed by atoms with Crippen LogP contribution in [0.2, 0.25) is 0 Å². The molecule has 0 radical (unpaired) electrons. The lowest BCUT2D eigenvalue weighted by atomic mass is 9.77. The second-order valence-electron chi connectivity index (χ2n) is 5.66. The van der Waals surface area contributed by atoms with Crippen molar-refractivity contribution in [2.24, 2.45) is 0 Å². The predicted molar refractivity (Wildman–Crippen MR) is 74.1 cm³/mol. The van der Waals surface area contributed by atoms with Gasteiger partial charge in [0.2, 0.25) is 0 Å². The zero-order chi connectivity index (χ0) is 13.0. The molecule has 0 saturated carbocycles. The highest BCUT2D eigenvalue weighted by atomic mass is 16.5. The Hall–Kier alpha value is -1.96. The highest BCUT2D eigenvalue weighted by Crippen LogP contribution is 2.50. The monoisotopic (exact) mass is 252 g/mol. The molecule has 2 aromatic rings. The highest BCUT2D eigenvalue weighted by molar-refractivity contribution is 5.58. The SMILES string of the molecule is Cc1ccc2c(c1)C1(CO2)COc2ccc(C)cc21. The van der Waals surface area contributed by atoms with E-state index in [4.69, 9.17) is 9.47 Å². The summed E-state index contributed by atoms with van der Waals surface area (Å²) in [6.07, 6.45) is 0. The van der Waals surface area contributed by atoms with Crippen LogP contribution in [0.3, 0.4) is 0 Å². The van der Waals surface area contributed by atoms with Crippen LogP contribution in [0.25, 0.3) is 0 Å². The Kier molecular flexibility index (Phi) is 2.03. The van der Waals surface area contributed by atoms with Crippen LogP contribution >= 0.6 is 0 Å². The van der Waals surface area contributed by atoms with Gasteiger partial charge in [-0.25, -0.2) is 0 Å². The minimum absolute atomic E-state index is 0.108. The molecule has 2 heteroatoms. The van der Waals surface area contributed by atoms with Crippen molar-refractivity contribution in [3.63, 3.8) is 0 Å². The molecule has 0 amide bonds. The molecule has 0 aromatic heterocycles. The Morgan fingerprint density at radius 3 is 1.74 bits per heavy atom. The van der Waals surface area contributed by atoms with Gasteiger partial charge in [-0.3, -0.25) is 0 Å². The third-order valence-corrected chi connectivity index (χ3v) is 4.25. The van der Waals surface area contributed by atoms with Crippen LogP contribution in [0.15, 0.2) is 36.4 Å². The number of hydrogen-bond acceptors (Lipinski definition) is 2. The van der Waals surface area contributed by atoms with Gasteiger partial charge >= 0.3 is 0 Å². The van der Waals surface area contributed by atoms with E-state index in [1.165, 1.54) is 22.3 Å². The summed E-state index contributed by atoms with van der Waals surface area (Å²) in [5.74, 6) is 2.01. The lowest BCUT2D eigenvalue weighted by molar-refractivity contribution is 0.238. The smallest absolute Gasteiger partial charge is 0.123 e. The summed E-state index contributed by atoms with van der Waals surface area (Å²) in [7, 11) is 0. The van der Waals surface area contributed by atoms with E-state index in [0.717, 1.165) is 11.5 Å². The van der Waals surface area contributed by atoms with E-state index >= 15 is 0 Å². The Labute approximate surface area is 113 Å². The van der Waals surface area contributed by atoms with Crippen molar-refractivity contribution in [3.8, 4) is 11.5 Å².